The van der Waals surface area contributed by atoms with E-state index in [2.05, 4.69) is 5.32 Å². The number of nitriles is 1. The van der Waals surface area contributed by atoms with Crippen molar-refractivity contribution in [2.24, 2.45) is 0 Å². The van der Waals surface area contributed by atoms with Gasteiger partial charge in [0.2, 0.25) is 5.91 Å². The van der Waals surface area contributed by atoms with Crippen molar-refractivity contribution in [3.63, 3.8) is 0 Å². The van der Waals surface area contributed by atoms with Crippen molar-refractivity contribution in [3.8, 4) is 6.07 Å². The fourth-order valence-electron chi connectivity index (χ4n) is 3.20. The van der Waals surface area contributed by atoms with E-state index in [1.165, 1.54) is 13.0 Å². The molecule has 0 bridgehead atoms. The zero-order chi connectivity index (χ0) is 20.1. The van der Waals surface area contributed by atoms with Gasteiger partial charge in [-0.2, -0.15) is 5.26 Å². The summed E-state index contributed by atoms with van der Waals surface area (Å²) in [6, 6.07) is 13.2. The van der Waals surface area contributed by atoms with Gasteiger partial charge in [-0.15, -0.1) is 0 Å². The Bertz CT molecular complexity index is 930. The molecule has 1 saturated heterocycles. The molecule has 6 nitrogen and oxygen atoms in total. The molecular weight excluding hydrogens is 359 g/mol. The second kappa shape index (κ2) is 8.63. The second-order valence-electron chi connectivity index (χ2n) is 6.73. The summed E-state index contributed by atoms with van der Waals surface area (Å²) in [4.78, 5) is 27.7. The van der Waals surface area contributed by atoms with Crippen LogP contribution in [0.5, 0.6) is 0 Å². The van der Waals surface area contributed by atoms with Crippen LogP contribution in [0, 0.1) is 17.1 Å². The highest BCUT2D eigenvalue weighted by Gasteiger charge is 2.21. The average Bonchev–Trinajstić information content (AvgIpc) is 2.68. The number of piperazine rings is 1. The van der Waals surface area contributed by atoms with Crippen LogP contribution in [-0.4, -0.2) is 49.3 Å². The predicted molar refractivity (Wildman–Crippen MR) is 105 cm³/mol. The molecule has 2 aromatic carbocycles. The molecule has 1 amide bonds. The minimum Gasteiger partial charge on any atom is -0.367 e. The number of benzene rings is 2. The molecule has 1 aliphatic heterocycles. The molecule has 2 aromatic rings. The number of Topliss-reactive ketones (excluding diaryl/α,β-unsaturated/α-hetero) is 1. The third-order valence-corrected chi connectivity index (χ3v) is 4.71. The van der Waals surface area contributed by atoms with Gasteiger partial charge in [0.25, 0.3) is 0 Å². The van der Waals surface area contributed by atoms with E-state index >= 15 is 0 Å². The monoisotopic (exact) mass is 380 g/mol. The first kappa shape index (κ1) is 19.5. The Hall–Kier alpha value is -3.24. The molecule has 0 radical (unpaired) electrons. The molecule has 1 aliphatic rings. The van der Waals surface area contributed by atoms with Gasteiger partial charge in [0, 0.05) is 37.4 Å². The minimum absolute atomic E-state index is 0.0535. The van der Waals surface area contributed by atoms with E-state index in [4.69, 9.17) is 5.26 Å². The van der Waals surface area contributed by atoms with Gasteiger partial charge in [0.1, 0.15) is 5.82 Å². The second-order valence-corrected chi connectivity index (χ2v) is 6.73. The summed E-state index contributed by atoms with van der Waals surface area (Å²) in [5, 5.41) is 11.7. The Balaban J connectivity index is 1.53. The lowest BCUT2D eigenvalue weighted by atomic mass is 10.1. The predicted octanol–water partition coefficient (Wildman–Crippen LogP) is 2.66. The number of nitrogens with one attached hydrogen (secondary N) is 1. The van der Waals surface area contributed by atoms with Crippen molar-refractivity contribution in [1.82, 2.24) is 4.90 Å². The normalized spacial score (nSPS) is 14.4. The zero-order valence-corrected chi connectivity index (χ0v) is 15.6. The number of ketones is 1. The summed E-state index contributed by atoms with van der Waals surface area (Å²) < 4.78 is 14.2. The number of carbonyl (C=O) groups excluding carboxylic acids is 2. The van der Waals surface area contributed by atoms with Gasteiger partial charge in [0.15, 0.2) is 5.78 Å². The van der Waals surface area contributed by atoms with Gasteiger partial charge < -0.3 is 10.2 Å². The quantitative estimate of drug-likeness (QED) is 0.807. The van der Waals surface area contributed by atoms with Crippen LogP contribution in [0.4, 0.5) is 15.8 Å². The number of rotatable bonds is 5. The molecule has 144 valence electrons. The molecule has 0 spiro atoms. The number of halogens is 1. The van der Waals surface area contributed by atoms with E-state index in [1.54, 1.807) is 36.4 Å². The number of carbonyl (C=O) groups is 2. The average molecular weight is 380 g/mol. The summed E-state index contributed by atoms with van der Waals surface area (Å²) in [7, 11) is 0. The summed E-state index contributed by atoms with van der Waals surface area (Å²) in [6.07, 6.45) is 0. The Morgan fingerprint density at radius 1 is 1.14 bits per heavy atom. The standard InChI is InChI=1S/C21H21FN4O2/c1-15(27)17-3-2-4-18(12-17)24-21(28)14-25-7-9-26(10-8-25)20-6-5-16(13-23)11-19(20)22/h2-6,11-12H,7-10,14H2,1H3,(H,24,28). The van der Waals surface area contributed by atoms with Gasteiger partial charge in [-0.3, -0.25) is 14.5 Å². The Labute approximate surface area is 163 Å². The summed E-state index contributed by atoms with van der Waals surface area (Å²) in [5.74, 6) is -0.614. The number of anilines is 2. The highest BCUT2D eigenvalue weighted by Crippen LogP contribution is 2.22. The molecule has 0 aromatic heterocycles. The van der Waals surface area contributed by atoms with Crippen molar-refractivity contribution in [2.75, 3.05) is 42.9 Å². The molecule has 1 N–H and O–H groups in total. The number of nitrogens with zero attached hydrogens (tertiary/aromatic N) is 3. The van der Waals surface area contributed by atoms with E-state index < -0.39 is 5.82 Å². The van der Waals surface area contributed by atoms with Crippen LogP contribution >= 0.6 is 0 Å². The molecule has 7 heteroatoms. The molecule has 0 aliphatic carbocycles. The zero-order valence-electron chi connectivity index (χ0n) is 15.6. The van der Waals surface area contributed by atoms with Gasteiger partial charge in [-0.1, -0.05) is 12.1 Å². The van der Waals surface area contributed by atoms with Crippen LogP contribution in [0.1, 0.15) is 22.8 Å². The van der Waals surface area contributed by atoms with E-state index in [0.29, 0.717) is 48.7 Å². The molecule has 28 heavy (non-hydrogen) atoms. The molecular formula is C21H21FN4O2. The van der Waals surface area contributed by atoms with Crippen LogP contribution < -0.4 is 10.2 Å². The lowest BCUT2D eigenvalue weighted by molar-refractivity contribution is -0.117. The van der Waals surface area contributed by atoms with E-state index in [0.717, 1.165) is 0 Å². The van der Waals surface area contributed by atoms with Gasteiger partial charge in [-0.25, -0.2) is 4.39 Å². The van der Waals surface area contributed by atoms with Crippen molar-refractivity contribution in [3.05, 3.63) is 59.4 Å². The van der Waals surface area contributed by atoms with Crippen LogP contribution in [0.2, 0.25) is 0 Å². The Morgan fingerprint density at radius 2 is 1.89 bits per heavy atom. The maximum absolute atomic E-state index is 14.2. The molecule has 0 saturated carbocycles. The van der Waals surface area contributed by atoms with Crippen molar-refractivity contribution >= 4 is 23.1 Å². The van der Waals surface area contributed by atoms with Crippen LogP contribution in [-0.2, 0) is 4.79 Å². The summed E-state index contributed by atoms with van der Waals surface area (Å²) in [5.41, 5.74) is 1.92. The van der Waals surface area contributed by atoms with E-state index in [1.807, 2.05) is 15.9 Å². The maximum atomic E-state index is 14.2. The van der Waals surface area contributed by atoms with E-state index in [9.17, 15) is 14.0 Å². The van der Waals surface area contributed by atoms with Gasteiger partial charge >= 0.3 is 0 Å². The van der Waals surface area contributed by atoms with Crippen molar-refractivity contribution in [1.29, 1.82) is 5.26 Å². The first-order valence-corrected chi connectivity index (χ1v) is 9.04. The third kappa shape index (κ3) is 4.72. The van der Waals surface area contributed by atoms with Crippen LogP contribution in [0.25, 0.3) is 0 Å². The highest BCUT2D eigenvalue weighted by atomic mass is 19.1. The maximum Gasteiger partial charge on any atom is 0.238 e. The first-order chi connectivity index (χ1) is 13.5. The summed E-state index contributed by atoms with van der Waals surface area (Å²) in [6.45, 7) is 4.15. The third-order valence-electron chi connectivity index (χ3n) is 4.71. The summed E-state index contributed by atoms with van der Waals surface area (Å²) >= 11 is 0. The lowest BCUT2D eigenvalue weighted by Crippen LogP contribution is -2.48. The number of hydrogen-bond acceptors (Lipinski definition) is 5. The molecule has 1 fully saturated rings. The number of amides is 1. The fourth-order valence-corrected chi connectivity index (χ4v) is 3.20. The molecule has 1 heterocycles. The van der Waals surface area contributed by atoms with Gasteiger partial charge in [0.05, 0.1) is 23.9 Å². The van der Waals surface area contributed by atoms with E-state index in [-0.39, 0.29) is 18.2 Å². The first-order valence-electron chi connectivity index (χ1n) is 9.04. The lowest BCUT2D eigenvalue weighted by Gasteiger charge is -2.35. The topological polar surface area (TPSA) is 76.4 Å². The SMILES string of the molecule is CC(=O)c1cccc(NC(=O)CN2CCN(c3ccc(C#N)cc3F)CC2)c1. The molecule has 0 unspecified atom stereocenters. The van der Waals surface area contributed by atoms with Crippen LogP contribution in [0.15, 0.2) is 42.5 Å². The van der Waals surface area contributed by atoms with Crippen molar-refractivity contribution in [2.45, 2.75) is 6.92 Å². The van der Waals surface area contributed by atoms with Crippen LogP contribution in [0.3, 0.4) is 0 Å². The molecule has 0 atom stereocenters. The fraction of sp³-hybridized carbons (Fsp3) is 0.286. The highest BCUT2D eigenvalue weighted by molar-refractivity contribution is 5.97. The largest absolute Gasteiger partial charge is 0.367 e. The smallest absolute Gasteiger partial charge is 0.238 e. The molecule has 3 rings (SSSR count). The number of hydrogen-bond donors (Lipinski definition) is 1. The minimum atomic E-state index is -0.407. The van der Waals surface area contributed by atoms with Crippen molar-refractivity contribution < 1.29 is 14.0 Å². The Morgan fingerprint density at radius 3 is 2.54 bits per heavy atom. The van der Waals surface area contributed by atoms with Gasteiger partial charge in [-0.05, 0) is 37.3 Å². The Kier molecular flexibility index (Phi) is 6.02.